The lowest BCUT2D eigenvalue weighted by molar-refractivity contribution is -0.384. The summed E-state index contributed by atoms with van der Waals surface area (Å²) in [6.07, 6.45) is 3.50. The highest BCUT2D eigenvalue weighted by Gasteiger charge is 2.07. The van der Waals surface area contributed by atoms with E-state index in [-0.39, 0.29) is 5.69 Å². The van der Waals surface area contributed by atoms with Gasteiger partial charge < -0.3 is 0 Å². The molecule has 0 amide bonds. The van der Waals surface area contributed by atoms with E-state index in [2.05, 4.69) is 5.10 Å². The van der Waals surface area contributed by atoms with Crippen LogP contribution in [0.25, 0.3) is 11.1 Å². The largest absolute Gasteiger partial charge is 0.275 e. The molecule has 76 valence electrons. The lowest BCUT2D eigenvalue weighted by Crippen LogP contribution is -1.87. The van der Waals surface area contributed by atoms with Crippen LogP contribution in [0.3, 0.4) is 0 Å². The van der Waals surface area contributed by atoms with Crippen molar-refractivity contribution in [2.24, 2.45) is 7.05 Å². The first-order chi connectivity index (χ1) is 7.16. The van der Waals surface area contributed by atoms with Crippen molar-refractivity contribution in [3.8, 4) is 11.1 Å². The van der Waals surface area contributed by atoms with E-state index in [1.165, 1.54) is 12.1 Å². The Morgan fingerprint density at radius 1 is 1.40 bits per heavy atom. The summed E-state index contributed by atoms with van der Waals surface area (Å²) in [5, 5.41) is 14.6. The third kappa shape index (κ3) is 1.85. The molecule has 1 aromatic heterocycles. The molecule has 0 saturated heterocycles. The van der Waals surface area contributed by atoms with Gasteiger partial charge in [0.15, 0.2) is 0 Å². The van der Waals surface area contributed by atoms with E-state index in [1.54, 1.807) is 24.0 Å². The zero-order valence-electron chi connectivity index (χ0n) is 8.12. The van der Waals surface area contributed by atoms with Gasteiger partial charge in [-0.25, -0.2) is 0 Å². The summed E-state index contributed by atoms with van der Waals surface area (Å²) in [6.45, 7) is 0. The molecule has 0 fully saturated rings. The fourth-order valence-corrected chi connectivity index (χ4v) is 1.37. The van der Waals surface area contributed by atoms with Crippen LogP contribution in [0.15, 0.2) is 36.7 Å². The fraction of sp³-hybridized carbons (Fsp3) is 0.100. The summed E-state index contributed by atoms with van der Waals surface area (Å²) in [4.78, 5) is 10.2. The lowest BCUT2D eigenvalue weighted by atomic mass is 10.1. The molecule has 1 aromatic carbocycles. The second kappa shape index (κ2) is 3.53. The quantitative estimate of drug-likeness (QED) is 0.554. The van der Waals surface area contributed by atoms with Gasteiger partial charge in [-0.15, -0.1) is 0 Å². The Kier molecular flexibility index (Phi) is 2.21. The van der Waals surface area contributed by atoms with Gasteiger partial charge in [0.05, 0.1) is 11.1 Å². The van der Waals surface area contributed by atoms with Crippen LogP contribution in [0.4, 0.5) is 5.69 Å². The molecule has 0 aliphatic heterocycles. The Morgan fingerprint density at radius 3 is 2.80 bits per heavy atom. The van der Waals surface area contributed by atoms with Gasteiger partial charge in [0, 0.05) is 30.9 Å². The molecule has 0 aliphatic carbocycles. The first kappa shape index (κ1) is 9.39. The minimum absolute atomic E-state index is 0.0938. The maximum absolute atomic E-state index is 10.6. The Bertz CT molecular complexity index is 505. The average molecular weight is 203 g/mol. The predicted molar refractivity (Wildman–Crippen MR) is 55.3 cm³/mol. The molecule has 0 aliphatic rings. The first-order valence-corrected chi connectivity index (χ1v) is 4.40. The average Bonchev–Trinajstić information content (AvgIpc) is 2.65. The van der Waals surface area contributed by atoms with Gasteiger partial charge >= 0.3 is 0 Å². The number of aryl methyl sites for hydroxylation is 1. The van der Waals surface area contributed by atoms with Crippen molar-refractivity contribution in [1.29, 1.82) is 0 Å². The van der Waals surface area contributed by atoms with E-state index in [4.69, 9.17) is 0 Å². The van der Waals surface area contributed by atoms with Crippen molar-refractivity contribution in [2.75, 3.05) is 0 Å². The molecule has 2 aromatic rings. The summed E-state index contributed by atoms with van der Waals surface area (Å²) < 4.78 is 1.66. The van der Waals surface area contributed by atoms with Crippen LogP contribution in [-0.2, 0) is 7.05 Å². The van der Waals surface area contributed by atoms with Gasteiger partial charge in [-0.05, 0) is 5.56 Å². The van der Waals surface area contributed by atoms with E-state index in [0.717, 1.165) is 11.1 Å². The van der Waals surface area contributed by atoms with Crippen molar-refractivity contribution >= 4 is 5.69 Å². The molecule has 2 rings (SSSR count). The minimum Gasteiger partial charge on any atom is -0.275 e. The molecule has 0 unspecified atom stereocenters. The van der Waals surface area contributed by atoms with Crippen LogP contribution in [0.2, 0.25) is 0 Å². The summed E-state index contributed by atoms with van der Waals surface area (Å²) in [7, 11) is 1.81. The summed E-state index contributed by atoms with van der Waals surface area (Å²) >= 11 is 0. The third-order valence-electron chi connectivity index (χ3n) is 2.10. The molecule has 1 heterocycles. The second-order valence-corrected chi connectivity index (χ2v) is 3.21. The molecule has 15 heavy (non-hydrogen) atoms. The van der Waals surface area contributed by atoms with E-state index in [0.29, 0.717) is 0 Å². The second-order valence-electron chi connectivity index (χ2n) is 3.21. The van der Waals surface area contributed by atoms with Gasteiger partial charge in [-0.3, -0.25) is 14.8 Å². The van der Waals surface area contributed by atoms with Crippen LogP contribution >= 0.6 is 0 Å². The van der Waals surface area contributed by atoms with Crippen LogP contribution < -0.4 is 0 Å². The summed E-state index contributed by atoms with van der Waals surface area (Å²) in [5.74, 6) is 0. The van der Waals surface area contributed by atoms with Gasteiger partial charge in [0.25, 0.3) is 5.69 Å². The van der Waals surface area contributed by atoms with Crippen molar-refractivity contribution in [2.45, 2.75) is 0 Å². The Labute approximate surface area is 86.1 Å². The molecule has 0 radical (unpaired) electrons. The number of nitro benzene ring substituents is 1. The number of benzene rings is 1. The van der Waals surface area contributed by atoms with E-state index in [9.17, 15) is 10.1 Å². The minimum atomic E-state index is -0.403. The van der Waals surface area contributed by atoms with E-state index in [1.807, 2.05) is 12.3 Å². The zero-order chi connectivity index (χ0) is 10.8. The number of nitrogens with zero attached hydrogens (tertiary/aromatic N) is 3. The zero-order valence-corrected chi connectivity index (χ0v) is 8.12. The standard InChI is InChI=1S/C10H9N3O2/c1-12-7-9(6-11-12)8-3-2-4-10(5-8)13(14)15/h2-7H,1H3. The number of aromatic nitrogens is 2. The molecule has 0 saturated carbocycles. The topological polar surface area (TPSA) is 61.0 Å². The highest BCUT2D eigenvalue weighted by molar-refractivity contribution is 5.64. The molecule has 5 nitrogen and oxygen atoms in total. The number of hydrogen-bond acceptors (Lipinski definition) is 3. The molecule has 0 N–H and O–H groups in total. The van der Waals surface area contributed by atoms with Crippen LogP contribution in [0, 0.1) is 10.1 Å². The van der Waals surface area contributed by atoms with Gasteiger partial charge in [0.1, 0.15) is 0 Å². The predicted octanol–water partition coefficient (Wildman–Crippen LogP) is 2.00. The number of non-ortho nitro benzene ring substituents is 1. The highest BCUT2D eigenvalue weighted by Crippen LogP contribution is 2.22. The number of rotatable bonds is 2. The fourth-order valence-electron chi connectivity index (χ4n) is 1.37. The maximum atomic E-state index is 10.6. The third-order valence-corrected chi connectivity index (χ3v) is 2.10. The Balaban J connectivity index is 2.45. The monoisotopic (exact) mass is 203 g/mol. The van der Waals surface area contributed by atoms with Gasteiger partial charge in [-0.2, -0.15) is 5.10 Å². The van der Waals surface area contributed by atoms with Crippen LogP contribution in [-0.4, -0.2) is 14.7 Å². The van der Waals surface area contributed by atoms with Gasteiger partial charge in [0.2, 0.25) is 0 Å². The van der Waals surface area contributed by atoms with Crippen molar-refractivity contribution in [1.82, 2.24) is 9.78 Å². The Hall–Kier alpha value is -2.17. The van der Waals surface area contributed by atoms with Gasteiger partial charge in [-0.1, -0.05) is 12.1 Å². The molecule has 0 atom stereocenters. The van der Waals surface area contributed by atoms with Crippen LogP contribution in [0.1, 0.15) is 0 Å². The summed E-state index contributed by atoms with van der Waals surface area (Å²) in [6, 6.07) is 6.50. The van der Waals surface area contributed by atoms with Crippen LogP contribution in [0.5, 0.6) is 0 Å². The normalized spacial score (nSPS) is 10.2. The number of hydrogen-bond donors (Lipinski definition) is 0. The highest BCUT2D eigenvalue weighted by atomic mass is 16.6. The SMILES string of the molecule is Cn1cc(-c2cccc([N+](=O)[O-])c2)cn1. The number of nitro groups is 1. The molecule has 0 bridgehead atoms. The molecular weight excluding hydrogens is 194 g/mol. The van der Waals surface area contributed by atoms with Crippen molar-refractivity contribution in [3.63, 3.8) is 0 Å². The molecular formula is C10H9N3O2. The van der Waals surface area contributed by atoms with Crippen molar-refractivity contribution in [3.05, 3.63) is 46.8 Å². The maximum Gasteiger partial charge on any atom is 0.270 e. The van der Waals surface area contributed by atoms with E-state index < -0.39 is 4.92 Å². The Morgan fingerprint density at radius 2 is 2.20 bits per heavy atom. The van der Waals surface area contributed by atoms with E-state index >= 15 is 0 Å². The van der Waals surface area contributed by atoms with Crippen molar-refractivity contribution < 1.29 is 4.92 Å². The smallest absolute Gasteiger partial charge is 0.270 e. The first-order valence-electron chi connectivity index (χ1n) is 4.40. The summed E-state index contributed by atoms with van der Waals surface area (Å²) in [5.41, 5.74) is 1.77. The molecule has 0 spiro atoms. The molecule has 5 heteroatoms. The lowest BCUT2D eigenvalue weighted by Gasteiger charge is -1.96.